The largest absolute Gasteiger partial charge is 0.368 e. The van der Waals surface area contributed by atoms with E-state index in [1.807, 2.05) is 4.90 Å². The van der Waals surface area contributed by atoms with Crippen LogP contribution in [0, 0.1) is 6.92 Å². The molecule has 7 nitrogen and oxygen atoms in total. The quantitative estimate of drug-likeness (QED) is 0.920. The number of nitrogens with one attached hydrogen (secondary N) is 1. The van der Waals surface area contributed by atoms with Crippen molar-refractivity contribution >= 4 is 6.03 Å². The van der Waals surface area contributed by atoms with Gasteiger partial charge in [-0.15, -0.1) is 0 Å². The molecule has 2 amide bonds. The van der Waals surface area contributed by atoms with Gasteiger partial charge < -0.3 is 19.5 Å². The van der Waals surface area contributed by atoms with Crippen molar-refractivity contribution in [3.63, 3.8) is 0 Å². The van der Waals surface area contributed by atoms with Crippen molar-refractivity contribution < 1.29 is 14.1 Å². The Balaban J connectivity index is 1.44. The average Bonchev–Trinajstić information content (AvgIpc) is 3.00. The molecule has 128 valence electrons. The highest BCUT2D eigenvalue weighted by molar-refractivity contribution is 5.74. The minimum atomic E-state index is 0.0414. The lowest BCUT2D eigenvalue weighted by atomic mass is 9.96. The van der Waals surface area contributed by atoms with Crippen LogP contribution in [0.1, 0.15) is 56.7 Å². The lowest BCUT2D eigenvalue weighted by molar-refractivity contribution is -0.00405. The molecule has 2 aliphatic rings. The van der Waals surface area contributed by atoms with Crippen LogP contribution in [0.2, 0.25) is 0 Å². The predicted octanol–water partition coefficient (Wildman–Crippen LogP) is 2.40. The number of urea groups is 1. The number of aryl methyl sites for hydroxylation is 1. The molecule has 0 radical (unpaired) electrons. The van der Waals surface area contributed by atoms with Crippen molar-refractivity contribution in [2.75, 3.05) is 13.1 Å². The maximum atomic E-state index is 12.4. The zero-order chi connectivity index (χ0) is 16.1. The van der Waals surface area contributed by atoms with Crippen LogP contribution in [-0.2, 0) is 11.3 Å². The van der Waals surface area contributed by atoms with Crippen molar-refractivity contribution in [2.45, 2.75) is 70.6 Å². The van der Waals surface area contributed by atoms with E-state index >= 15 is 0 Å². The lowest BCUT2D eigenvalue weighted by Gasteiger charge is -2.34. The molecule has 1 atom stereocenters. The molecule has 3 rings (SSSR count). The van der Waals surface area contributed by atoms with Gasteiger partial charge in [0.1, 0.15) is 6.61 Å². The zero-order valence-electron chi connectivity index (χ0n) is 13.8. The molecule has 1 aromatic rings. The van der Waals surface area contributed by atoms with Gasteiger partial charge in [0.05, 0.1) is 6.10 Å². The van der Waals surface area contributed by atoms with Gasteiger partial charge in [-0.1, -0.05) is 24.4 Å². The third-order valence-corrected chi connectivity index (χ3v) is 4.62. The Morgan fingerprint density at radius 3 is 2.87 bits per heavy atom. The Morgan fingerprint density at radius 1 is 1.30 bits per heavy atom. The van der Waals surface area contributed by atoms with Gasteiger partial charge in [-0.2, -0.15) is 4.98 Å². The lowest BCUT2D eigenvalue weighted by Crippen LogP contribution is -2.50. The van der Waals surface area contributed by atoms with Crippen LogP contribution in [0.4, 0.5) is 4.79 Å². The number of hydrogen-bond donors (Lipinski definition) is 1. The molecule has 1 aliphatic heterocycles. The van der Waals surface area contributed by atoms with Crippen molar-refractivity contribution in [2.24, 2.45) is 0 Å². The zero-order valence-corrected chi connectivity index (χ0v) is 13.8. The van der Waals surface area contributed by atoms with Crippen LogP contribution in [-0.4, -0.2) is 46.3 Å². The normalized spacial score (nSPS) is 23.0. The van der Waals surface area contributed by atoms with Gasteiger partial charge in [0.15, 0.2) is 5.82 Å². The number of aromatic nitrogens is 2. The van der Waals surface area contributed by atoms with E-state index < -0.39 is 0 Å². The summed E-state index contributed by atoms with van der Waals surface area (Å²) >= 11 is 0. The summed E-state index contributed by atoms with van der Waals surface area (Å²) in [6.45, 7) is 3.53. The molecule has 23 heavy (non-hydrogen) atoms. The van der Waals surface area contributed by atoms with Crippen molar-refractivity contribution in [1.82, 2.24) is 20.4 Å². The highest BCUT2D eigenvalue weighted by atomic mass is 16.5. The topological polar surface area (TPSA) is 80.5 Å². The summed E-state index contributed by atoms with van der Waals surface area (Å²) in [4.78, 5) is 18.4. The number of nitrogens with zero attached hydrogens (tertiary/aromatic N) is 3. The van der Waals surface area contributed by atoms with Crippen LogP contribution in [0.25, 0.3) is 0 Å². The van der Waals surface area contributed by atoms with Crippen molar-refractivity contribution in [1.29, 1.82) is 0 Å². The van der Waals surface area contributed by atoms with Crippen LogP contribution >= 0.6 is 0 Å². The molecular weight excluding hydrogens is 296 g/mol. The number of likely N-dealkylation sites (tertiary alicyclic amines) is 1. The van der Waals surface area contributed by atoms with Crippen molar-refractivity contribution in [3.8, 4) is 0 Å². The Kier molecular flexibility index (Phi) is 5.48. The molecule has 0 bridgehead atoms. The van der Waals surface area contributed by atoms with Crippen molar-refractivity contribution in [3.05, 3.63) is 11.7 Å². The van der Waals surface area contributed by atoms with Crippen LogP contribution in [0.5, 0.6) is 0 Å². The summed E-state index contributed by atoms with van der Waals surface area (Å²) in [6, 6.07) is 0.403. The van der Waals surface area contributed by atoms with Gasteiger partial charge >= 0.3 is 6.03 Å². The van der Waals surface area contributed by atoms with Gasteiger partial charge in [-0.3, -0.25) is 0 Å². The maximum Gasteiger partial charge on any atom is 0.317 e. The van der Waals surface area contributed by atoms with E-state index in [0.29, 0.717) is 30.9 Å². The smallest absolute Gasteiger partial charge is 0.317 e. The maximum absolute atomic E-state index is 12.4. The Morgan fingerprint density at radius 2 is 2.13 bits per heavy atom. The van der Waals surface area contributed by atoms with E-state index in [0.717, 1.165) is 32.2 Å². The van der Waals surface area contributed by atoms with E-state index in [1.165, 1.54) is 19.3 Å². The van der Waals surface area contributed by atoms with E-state index in [-0.39, 0.29) is 12.1 Å². The molecule has 0 spiro atoms. The van der Waals surface area contributed by atoms with Crippen LogP contribution in [0.15, 0.2) is 4.52 Å². The predicted molar refractivity (Wildman–Crippen MR) is 83.8 cm³/mol. The number of amides is 2. The second-order valence-electron chi connectivity index (χ2n) is 6.54. The minimum absolute atomic E-state index is 0.0414. The standard InChI is InChI=1S/C16H26N4O3/c1-12-17-15(19-23-12)11-22-14-8-5-9-20(10-14)16(21)18-13-6-3-2-4-7-13/h13-14H,2-11H2,1H3,(H,18,21). The van der Waals surface area contributed by atoms with Gasteiger partial charge in [0.25, 0.3) is 0 Å². The van der Waals surface area contributed by atoms with E-state index in [1.54, 1.807) is 6.92 Å². The number of rotatable bonds is 4. The van der Waals surface area contributed by atoms with Crippen LogP contribution < -0.4 is 5.32 Å². The summed E-state index contributed by atoms with van der Waals surface area (Å²) in [5.41, 5.74) is 0. The SMILES string of the molecule is Cc1nc(COC2CCCN(C(=O)NC3CCCCC3)C2)no1. The molecule has 1 saturated carbocycles. The summed E-state index contributed by atoms with van der Waals surface area (Å²) < 4.78 is 10.8. The number of piperidine rings is 1. The van der Waals surface area contributed by atoms with Crippen LogP contribution in [0.3, 0.4) is 0 Å². The Bertz CT molecular complexity index is 513. The number of ether oxygens (including phenoxy) is 1. The first-order valence-corrected chi connectivity index (χ1v) is 8.67. The van der Waals surface area contributed by atoms with E-state index in [9.17, 15) is 4.79 Å². The second kappa shape index (κ2) is 7.77. The molecule has 2 fully saturated rings. The van der Waals surface area contributed by atoms with Gasteiger partial charge in [-0.05, 0) is 25.7 Å². The third kappa shape index (κ3) is 4.67. The monoisotopic (exact) mass is 322 g/mol. The molecule has 1 aromatic heterocycles. The number of carbonyl (C=O) groups is 1. The fourth-order valence-corrected chi connectivity index (χ4v) is 3.36. The molecule has 1 saturated heterocycles. The summed E-state index contributed by atoms with van der Waals surface area (Å²) in [6.07, 6.45) is 7.92. The molecule has 2 heterocycles. The first-order chi connectivity index (χ1) is 11.2. The number of carbonyl (C=O) groups excluding carboxylic acids is 1. The summed E-state index contributed by atoms with van der Waals surface area (Å²) in [5.74, 6) is 1.10. The van der Waals surface area contributed by atoms with Gasteiger partial charge in [0, 0.05) is 26.1 Å². The fourth-order valence-electron chi connectivity index (χ4n) is 3.36. The highest BCUT2D eigenvalue weighted by Crippen LogP contribution is 2.19. The third-order valence-electron chi connectivity index (χ3n) is 4.62. The van der Waals surface area contributed by atoms with E-state index in [4.69, 9.17) is 9.26 Å². The average molecular weight is 322 g/mol. The summed E-state index contributed by atoms with van der Waals surface area (Å²) in [7, 11) is 0. The summed E-state index contributed by atoms with van der Waals surface area (Å²) in [5, 5.41) is 7.01. The molecule has 1 aliphatic carbocycles. The highest BCUT2D eigenvalue weighted by Gasteiger charge is 2.26. The molecule has 0 aromatic carbocycles. The first-order valence-electron chi connectivity index (χ1n) is 8.67. The molecule has 1 N–H and O–H groups in total. The fraction of sp³-hybridized carbons (Fsp3) is 0.812. The van der Waals surface area contributed by atoms with Gasteiger partial charge in [-0.25, -0.2) is 4.79 Å². The molecule has 1 unspecified atom stereocenters. The number of hydrogen-bond acceptors (Lipinski definition) is 5. The van der Waals surface area contributed by atoms with E-state index in [2.05, 4.69) is 15.5 Å². The first kappa shape index (κ1) is 16.2. The Labute approximate surface area is 136 Å². The molecule has 7 heteroatoms. The second-order valence-corrected chi connectivity index (χ2v) is 6.54. The minimum Gasteiger partial charge on any atom is -0.368 e. The van der Waals surface area contributed by atoms with Gasteiger partial charge in [0.2, 0.25) is 5.89 Å². The molecular formula is C16H26N4O3. The Hall–Kier alpha value is -1.63.